The van der Waals surface area contributed by atoms with E-state index in [4.69, 9.17) is 9.47 Å². The molecule has 43 heavy (non-hydrogen) atoms. The molecule has 1 saturated heterocycles. The molecule has 1 fully saturated rings. The zero-order valence-corrected chi connectivity index (χ0v) is 25.2. The summed E-state index contributed by atoms with van der Waals surface area (Å²) in [5.41, 5.74) is 1.34. The molecule has 3 aromatic rings. The van der Waals surface area contributed by atoms with Crippen molar-refractivity contribution in [2.24, 2.45) is 5.92 Å². The third kappa shape index (κ3) is 7.59. The minimum absolute atomic E-state index is 0.180. The number of carbonyl (C=O) groups is 4. The number of ether oxygens (including phenoxy) is 2. The number of amides is 3. The maximum absolute atomic E-state index is 14.2. The maximum atomic E-state index is 14.2. The van der Waals surface area contributed by atoms with Gasteiger partial charge < -0.3 is 29.8 Å². The Hall–Kier alpha value is -4.24. The number of carbonyl (C=O) groups excluding carboxylic acids is 4. The van der Waals surface area contributed by atoms with E-state index in [9.17, 15) is 19.2 Å². The van der Waals surface area contributed by atoms with E-state index in [1.54, 1.807) is 13.0 Å². The fourth-order valence-electron chi connectivity index (χ4n) is 5.38. The van der Waals surface area contributed by atoms with Gasteiger partial charge in [0.1, 0.15) is 24.1 Å². The van der Waals surface area contributed by atoms with Gasteiger partial charge >= 0.3 is 0 Å². The summed E-state index contributed by atoms with van der Waals surface area (Å²) in [5, 5.41) is 7.30. The van der Waals surface area contributed by atoms with E-state index in [2.05, 4.69) is 10.6 Å². The molecule has 0 bridgehead atoms. The van der Waals surface area contributed by atoms with Crippen LogP contribution in [0.4, 0.5) is 0 Å². The predicted molar refractivity (Wildman–Crippen MR) is 165 cm³/mol. The number of likely N-dealkylation sites (tertiary alicyclic amines) is 1. The van der Waals surface area contributed by atoms with Crippen LogP contribution in [-0.4, -0.2) is 66.3 Å². The molecule has 0 aromatic heterocycles. The highest BCUT2D eigenvalue weighted by molar-refractivity contribution is 6.10. The Morgan fingerprint density at radius 1 is 0.977 bits per heavy atom. The second-order valence-electron chi connectivity index (χ2n) is 11.1. The molecule has 0 unspecified atom stereocenters. The third-order valence-electron chi connectivity index (χ3n) is 7.75. The topological polar surface area (TPSA) is 114 Å². The fraction of sp³-hybridized carbons (Fsp3) is 0.412. The molecule has 228 valence electrons. The van der Waals surface area contributed by atoms with Gasteiger partial charge in [-0.15, -0.1) is 0 Å². The van der Waals surface area contributed by atoms with E-state index in [1.807, 2.05) is 81.4 Å². The highest BCUT2D eigenvalue weighted by Gasteiger charge is 2.43. The summed E-state index contributed by atoms with van der Waals surface area (Å²) >= 11 is 0. The van der Waals surface area contributed by atoms with Crippen molar-refractivity contribution in [3.63, 3.8) is 0 Å². The molecule has 0 saturated carbocycles. The number of benzene rings is 3. The number of hydrogen-bond donors (Lipinski definition) is 2. The Morgan fingerprint density at radius 3 is 2.37 bits per heavy atom. The lowest BCUT2D eigenvalue weighted by atomic mass is 9.99. The minimum Gasteiger partial charge on any atom is -0.493 e. The molecule has 0 aliphatic carbocycles. The zero-order chi connectivity index (χ0) is 30.9. The summed E-state index contributed by atoms with van der Waals surface area (Å²) in [5.74, 6) is -1.09. The molecule has 1 aliphatic heterocycles. The molecule has 2 N–H and O–H groups in total. The van der Waals surface area contributed by atoms with Crippen molar-refractivity contribution in [1.29, 1.82) is 0 Å². The predicted octanol–water partition coefficient (Wildman–Crippen LogP) is 4.27. The van der Waals surface area contributed by atoms with Gasteiger partial charge in [0.25, 0.3) is 5.91 Å². The van der Waals surface area contributed by atoms with Crippen molar-refractivity contribution in [2.45, 2.75) is 71.4 Å². The Labute approximate surface area is 252 Å². The SMILES string of the molecule is CCOc1ccc2ccccc2c1C(=O)N[C@H](C(=O)N1C[C@H](OCc2ccccc2)C[C@H]1C(=O)N[C@H](C=O)CC)C(C)C. The lowest BCUT2D eigenvalue weighted by Crippen LogP contribution is -2.56. The van der Waals surface area contributed by atoms with Crippen LogP contribution in [0.25, 0.3) is 10.8 Å². The van der Waals surface area contributed by atoms with Crippen molar-refractivity contribution in [1.82, 2.24) is 15.5 Å². The molecule has 0 spiro atoms. The Balaban J connectivity index is 1.60. The van der Waals surface area contributed by atoms with E-state index in [-0.39, 0.29) is 24.8 Å². The van der Waals surface area contributed by atoms with Gasteiger partial charge in [-0.2, -0.15) is 0 Å². The first-order valence-electron chi connectivity index (χ1n) is 14.9. The van der Waals surface area contributed by atoms with Gasteiger partial charge in [-0.3, -0.25) is 14.4 Å². The molecular formula is C34H41N3O6. The molecule has 3 amide bonds. The van der Waals surface area contributed by atoms with E-state index in [0.717, 1.165) is 10.9 Å². The van der Waals surface area contributed by atoms with Crippen molar-refractivity contribution in [2.75, 3.05) is 13.2 Å². The quantitative estimate of drug-likeness (QED) is 0.289. The van der Waals surface area contributed by atoms with Gasteiger partial charge in [-0.1, -0.05) is 81.4 Å². The van der Waals surface area contributed by atoms with Crippen molar-refractivity contribution < 1.29 is 28.7 Å². The van der Waals surface area contributed by atoms with E-state index in [1.165, 1.54) is 4.90 Å². The number of nitrogens with zero attached hydrogens (tertiary/aromatic N) is 1. The molecule has 9 heteroatoms. The zero-order valence-electron chi connectivity index (χ0n) is 25.2. The first-order valence-corrected chi connectivity index (χ1v) is 14.9. The van der Waals surface area contributed by atoms with Gasteiger partial charge in [0, 0.05) is 13.0 Å². The highest BCUT2D eigenvalue weighted by atomic mass is 16.5. The summed E-state index contributed by atoms with van der Waals surface area (Å²) in [6.45, 7) is 8.24. The molecule has 1 aliphatic rings. The summed E-state index contributed by atoms with van der Waals surface area (Å²) in [6.07, 6.45) is 1.000. The average Bonchev–Trinajstić information content (AvgIpc) is 3.46. The lowest BCUT2D eigenvalue weighted by molar-refractivity contribution is -0.141. The molecule has 3 aromatic carbocycles. The Bertz CT molecular complexity index is 1430. The number of nitrogens with one attached hydrogen (secondary N) is 2. The number of hydrogen-bond acceptors (Lipinski definition) is 6. The smallest absolute Gasteiger partial charge is 0.256 e. The molecule has 4 rings (SSSR count). The van der Waals surface area contributed by atoms with Crippen molar-refractivity contribution in [3.8, 4) is 5.75 Å². The molecule has 4 atom stereocenters. The van der Waals surface area contributed by atoms with Crippen LogP contribution in [0.15, 0.2) is 66.7 Å². The van der Waals surface area contributed by atoms with Crippen LogP contribution < -0.4 is 15.4 Å². The van der Waals surface area contributed by atoms with Gasteiger partial charge in [-0.25, -0.2) is 0 Å². The normalized spacial score (nSPS) is 17.8. The third-order valence-corrected chi connectivity index (χ3v) is 7.75. The van der Waals surface area contributed by atoms with Gasteiger partial charge in [0.2, 0.25) is 11.8 Å². The van der Waals surface area contributed by atoms with E-state index < -0.39 is 36.0 Å². The maximum Gasteiger partial charge on any atom is 0.256 e. The number of fused-ring (bicyclic) bond motifs is 1. The summed E-state index contributed by atoms with van der Waals surface area (Å²) in [6, 6.07) is 18.4. The van der Waals surface area contributed by atoms with Crippen molar-refractivity contribution >= 4 is 34.8 Å². The number of rotatable bonds is 13. The second kappa shape index (κ2) is 14.8. The van der Waals surface area contributed by atoms with Crippen LogP contribution in [-0.2, 0) is 25.7 Å². The average molecular weight is 588 g/mol. The van der Waals surface area contributed by atoms with Crippen LogP contribution in [0.3, 0.4) is 0 Å². The monoisotopic (exact) mass is 587 g/mol. The highest BCUT2D eigenvalue weighted by Crippen LogP contribution is 2.29. The fourth-order valence-corrected chi connectivity index (χ4v) is 5.38. The van der Waals surface area contributed by atoms with Crippen LogP contribution in [0.2, 0.25) is 0 Å². The standard InChI is InChI=1S/C34H41N3O6/c1-5-25(20-38)35-32(39)28-18-26(43-21-23-12-8-7-9-13-23)19-37(28)34(41)31(22(3)4)36-33(40)30-27-15-11-10-14-24(27)16-17-29(30)42-6-2/h7-17,20,22,25-26,28,31H,5-6,18-19,21H2,1-4H3,(H,35,39)(H,36,40)/t25-,26+,28-,31-/m0/s1. The first-order chi connectivity index (χ1) is 20.8. The Morgan fingerprint density at radius 2 is 1.70 bits per heavy atom. The molecule has 0 radical (unpaired) electrons. The van der Waals surface area contributed by atoms with Crippen molar-refractivity contribution in [3.05, 3.63) is 77.9 Å². The van der Waals surface area contributed by atoms with Gasteiger partial charge in [-0.05, 0) is 41.7 Å². The van der Waals surface area contributed by atoms with Crippen LogP contribution in [0.5, 0.6) is 5.75 Å². The molecule has 1 heterocycles. The van der Waals surface area contributed by atoms with E-state index >= 15 is 0 Å². The number of aldehydes is 1. The van der Waals surface area contributed by atoms with Crippen LogP contribution in [0, 0.1) is 5.92 Å². The molecule has 9 nitrogen and oxygen atoms in total. The van der Waals surface area contributed by atoms with E-state index in [0.29, 0.717) is 42.6 Å². The first kappa shape index (κ1) is 31.7. The van der Waals surface area contributed by atoms with Gasteiger partial charge in [0.05, 0.1) is 30.9 Å². The largest absolute Gasteiger partial charge is 0.493 e. The summed E-state index contributed by atoms with van der Waals surface area (Å²) in [4.78, 5) is 54.3. The lowest BCUT2D eigenvalue weighted by Gasteiger charge is -2.31. The second-order valence-corrected chi connectivity index (χ2v) is 11.1. The van der Waals surface area contributed by atoms with Crippen LogP contribution in [0.1, 0.15) is 56.5 Å². The minimum atomic E-state index is -0.919. The van der Waals surface area contributed by atoms with Gasteiger partial charge in [0.15, 0.2) is 0 Å². The summed E-state index contributed by atoms with van der Waals surface area (Å²) in [7, 11) is 0. The summed E-state index contributed by atoms with van der Waals surface area (Å²) < 4.78 is 11.9. The van der Waals surface area contributed by atoms with Crippen LogP contribution >= 0.6 is 0 Å². The Kier molecular flexibility index (Phi) is 10.9. The molecular weight excluding hydrogens is 546 g/mol.